The molecule has 1 unspecified atom stereocenters. The van der Waals surface area contributed by atoms with E-state index in [0.29, 0.717) is 18.4 Å². The Hall–Kier alpha value is -0.810. The molecule has 1 aliphatic heterocycles. The molecule has 0 spiro atoms. The second-order valence-corrected chi connectivity index (χ2v) is 7.20. The molecule has 1 saturated heterocycles. The highest BCUT2D eigenvalue weighted by molar-refractivity contribution is 5.67. The standard InChI is InChI=1S/C16H32N2O3/c1-12(2)14(11-18-15(19)21-16(3,4)5)17-10-13-6-8-20-9-7-13/h12-14,17H,6-11H2,1-5H3,(H,18,19). The molecule has 1 rings (SSSR count). The van der Waals surface area contributed by atoms with Gasteiger partial charge in [0.2, 0.25) is 0 Å². The molecule has 1 aliphatic rings. The summed E-state index contributed by atoms with van der Waals surface area (Å²) >= 11 is 0. The molecule has 0 bridgehead atoms. The first kappa shape index (κ1) is 18.2. The number of nitrogens with one attached hydrogen (secondary N) is 2. The van der Waals surface area contributed by atoms with Gasteiger partial charge in [0, 0.05) is 25.8 Å². The van der Waals surface area contributed by atoms with Gasteiger partial charge in [-0.3, -0.25) is 0 Å². The van der Waals surface area contributed by atoms with E-state index >= 15 is 0 Å². The minimum atomic E-state index is -0.451. The van der Waals surface area contributed by atoms with Gasteiger partial charge in [0.05, 0.1) is 0 Å². The van der Waals surface area contributed by atoms with E-state index in [2.05, 4.69) is 24.5 Å². The monoisotopic (exact) mass is 300 g/mol. The van der Waals surface area contributed by atoms with Crippen LogP contribution < -0.4 is 10.6 Å². The van der Waals surface area contributed by atoms with Crippen molar-refractivity contribution in [2.24, 2.45) is 11.8 Å². The zero-order valence-electron chi connectivity index (χ0n) is 14.2. The molecular weight excluding hydrogens is 268 g/mol. The SMILES string of the molecule is CC(C)C(CNC(=O)OC(C)(C)C)NCC1CCOCC1. The van der Waals surface area contributed by atoms with Crippen LogP contribution in [0.15, 0.2) is 0 Å². The summed E-state index contributed by atoms with van der Waals surface area (Å²) in [4.78, 5) is 11.7. The maximum Gasteiger partial charge on any atom is 0.407 e. The average Bonchev–Trinajstić information content (AvgIpc) is 2.37. The first-order chi connectivity index (χ1) is 9.78. The van der Waals surface area contributed by atoms with E-state index in [4.69, 9.17) is 9.47 Å². The zero-order valence-corrected chi connectivity index (χ0v) is 14.2. The quantitative estimate of drug-likeness (QED) is 0.791. The maximum absolute atomic E-state index is 11.7. The minimum absolute atomic E-state index is 0.264. The van der Waals surface area contributed by atoms with Gasteiger partial charge in [-0.2, -0.15) is 0 Å². The number of hydrogen-bond acceptors (Lipinski definition) is 4. The normalized spacial score (nSPS) is 18.6. The number of carbonyl (C=O) groups is 1. The lowest BCUT2D eigenvalue weighted by atomic mass is 9.98. The van der Waals surface area contributed by atoms with Gasteiger partial charge in [0.1, 0.15) is 5.60 Å². The Bertz CT molecular complexity index is 307. The molecule has 1 atom stereocenters. The number of hydrogen-bond donors (Lipinski definition) is 2. The lowest BCUT2D eigenvalue weighted by Gasteiger charge is -2.28. The third-order valence-corrected chi connectivity index (χ3v) is 3.68. The average molecular weight is 300 g/mol. The topological polar surface area (TPSA) is 59.6 Å². The summed E-state index contributed by atoms with van der Waals surface area (Å²) in [6.45, 7) is 13.3. The predicted molar refractivity (Wildman–Crippen MR) is 84.4 cm³/mol. The summed E-state index contributed by atoms with van der Waals surface area (Å²) in [6, 6.07) is 0.264. The van der Waals surface area contributed by atoms with Crippen LogP contribution in [0.3, 0.4) is 0 Å². The molecule has 0 aliphatic carbocycles. The molecule has 2 N–H and O–H groups in total. The van der Waals surface area contributed by atoms with Crippen molar-refractivity contribution in [1.29, 1.82) is 0 Å². The van der Waals surface area contributed by atoms with Crippen molar-refractivity contribution in [2.75, 3.05) is 26.3 Å². The Morgan fingerprint density at radius 2 is 1.90 bits per heavy atom. The smallest absolute Gasteiger partial charge is 0.407 e. The Labute approximate surface area is 129 Å². The highest BCUT2D eigenvalue weighted by Crippen LogP contribution is 2.14. The Balaban J connectivity index is 2.30. The van der Waals surface area contributed by atoms with Crippen LogP contribution in [0.25, 0.3) is 0 Å². The van der Waals surface area contributed by atoms with E-state index < -0.39 is 5.60 Å². The van der Waals surface area contributed by atoms with Crippen LogP contribution in [0.4, 0.5) is 4.79 Å². The molecule has 1 amide bonds. The predicted octanol–water partition coefficient (Wildman–Crippen LogP) is 2.55. The third-order valence-electron chi connectivity index (χ3n) is 3.68. The van der Waals surface area contributed by atoms with Crippen molar-refractivity contribution in [2.45, 2.75) is 59.1 Å². The summed E-state index contributed by atoms with van der Waals surface area (Å²) < 4.78 is 10.6. The molecule has 124 valence electrons. The van der Waals surface area contributed by atoms with Crippen molar-refractivity contribution in [3.05, 3.63) is 0 Å². The number of ether oxygens (including phenoxy) is 2. The summed E-state index contributed by atoms with van der Waals surface area (Å²) in [5.74, 6) is 1.14. The first-order valence-corrected chi connectivity index (χ1v) is 8.06. The zero-order chi connectivity index (χ0) is 15.9. The van der Waals surface area contributed by atoms with E-state index in [-0.39, 0.29) is 12.1 Å². The van der Waals surface area contributed by atoms with Crippen molar-refractivity contribution in [3.8, 4) is 0 Å². The van der Waals surface area contributed by atoms with Gasteiger partial charge in [0.25, 0.3) is 0 Å². The van der Waals surface area contributed by atoms with Gasteiger partial charge in [-0.15, -0.1) is 0 Å². The second-order valence-electron chi connectivity index (χ2n) is 7.20. The molecule has 0 aromatic heterocycles. The van der Waals surface area contributed by atoms with E-state index in [1.165, 1.54) is 0 Å². The van der Waals surface area contributed by atoms with Crippen molar-refractivity contribution in [3.63, 3.8) is 0 Å². The highest BCUT2D eigenvalue weighted by atomic mass is 16.6. The lowest BCUT2D eigenvalue weighted by molar-refractivity contribution is 0.0515. The van der Waals surface area contributed by atoms with Crippen LogP contribution >= 0.6 is 0 Å². The van der Waals surface area contributed by atoms with Gasteiger partial charge in [0.15, 0.2) is 0 Å². The van der Waals surface area contributed by atoms with Crippen molar-refractivity contribution in [1.82, 2.24) is 10.6 Å². The summed E-state index contributed by atoms with van der Waals surface area (Å²) in [5, 5.41) is 6.44. The van der Waals surface area contributed by atoms with E-state index in [1.54, 1.807) is 0 Å². The van der Waals surface area contributed by atoms with Crippen LogP contribution in [0, 0.1) is 11.8 Å². The van der Waals surface area contributed by atoms with Gasteiger partial charge in [-0.05, 0) is 52.0 Å². The Morgan fingerprint density at radius 3 is 2.43 bits per heavy atom. The van der Waals surface area contributed by atoms with E-state index in [9.17, 15) is 4.79 Å². The number of amides is 1. The minimum Gasteiger partial charge on any atom is -0.444 e. The van der Waals surface area contributed by atoms with Crippen LogP contribution in [-0.2, 0) is 9.47 Å². The maximum atomic E-state index is 11.7. The highest BCUT2D eigenvalue weighted by Gasteiger charge is 2.20. The molecule has 1 heterocycles. The van der Waals surface area contributed by atoms with Gasteiger partial charge >= 0.3 is 6.09 Å². The molecule has 0 saturated carbocycles. The molecule has 0 aromatic carbocycles. The number of alkyl carbamates (subject to hydrolysis) is 1. The first-order valence-electron chi connectivity index (χ1n) is 8.06. The van der Waals surface area contributed by atoms with Crippen LogP contribution in [0.1, 0.15) is 47.5 Å². The Kier molecular flexibility index (Phi) is 7.46. The Morgan fingerprint density at radius 1 is 1.29 bits per heavy atom. The second kappa shape index (κ2) is 8.59. The van der Waals surface area contributed by atoms with Gasteiger partial charge < -0.3 is 20.1 Å². The summed E-state index contributed by atoms with van der Waals surface area (Å²) in [6.07, 6.45) is 1.90. The molecule has 21 heavy (non-hydrogen) atoms. The molecular formula is C16H32N2O3. The molecule has 1 fully saturated rings. The molecule has 5 heteroatoms. The third kappa shape index (κ3) is 8.27. The van der Waals surface area contributed by atoms with Crippen molar-refractivity contribution >= 4 is 6.09 Å². The lowest BCUT2D eigenvalue weighted by Crippen LogP contribution is -2.47. The fourth-order valence-electron chi connectivity index (χ4n) is 2.32. The molecule has 5 nitrogen and oxygen atoms in total. The van der Waals surface area contributed by atoms with Gasteiger partial charge in [-0.25, -0.2) is 4.79 Å². The fraction of sp³-hybridized carbons (Fsp3) is 0.938. The largest absolute Gasteiger partial charge is 0.444 e. The van der Waals surface area contributed by atoms with Crippen LogP contribution in [0.2, 0.25) is 0 Å². The molecule has 0 radical (unpaired) electrons. The summed E-state index contributed by atoms with van der Waals surface area (Å²) in [5.41, 5.74) is -0.451. The van der Waals surface area contributed by atoms with Gasteiger partial charge in [-0.1, -0.05) is 13.8 Å². The fourth-order valence-corrected chi connectivity index (χ4v) is 2.32. The van der Waals surface area contributed by atoms with Crippen LogP contribution in [0.5, 0.6) is 0 Å². The number of rotatable bonds is 6. The van der Waals surface area contributed by atoms with Crippen molar-refractivity contribution < 1.29 is 14.3 Å². The van der Waals surface area contributed by atoms with E-state index in [1.807, 2.05) is 20.8 Å². The van der Waals surface area contributed by atoms with Crippen LogP contribution in [-0.4, -0.2) is 44.0 Å². The number of carbonyl (C=O) groups excluding carboxylic acids is 1. The summed E-state index contributed by atoms with van der Waals surface area (Å²) in [7, 11) is 0. The molecule has 0 aromatic rings. The van der Waals surface area contributed by atoms with E-state index in [0.717, 1.165) is 32.6 Å².